The van der Waals surface area contributed by atoms with Crippen molar-refractivity contribution in [2.75, 3.05) is 7.11 Å². The molecular formula is C54H61NO3. The van der Waals surface area contributed by atoms with Gasteiger partial charge >= 0.3 is 5.97 Å². The van der Waals surface area contributed by atoms with Crippen molar-refractivity contribution in [2.24, 2.45) is 23.7 Å². The summed E-state index contributed by atoms with van der Waals surface area (Å²) < 4.78 is 4.99. The summed E-state index contributed by atoms with van der Waals surface area (Å²) in [6.45, 7) is 4.10. The molecule has 58 heavy (non-hydrogen) atoms. The summed E-state index contributed by atoms with van der Waals surface area (Å²) >= 11 is 0. The summed E-state index contributed by atoms with van der Waals surface area (Å²) in [6, 6.07) is 37.4. The Labute approximate surface area is 345 Å². The number of carbonyl (C=O) groups excluding carboxylic acids is 2. The van der Waals surface area contributed by atoms with E-state index in [1.807, 2.05) is 0 Å². The second-order valence-corrected chi connectivity index (χ2v) is 18.6. The number of methoxy groups -OCH3 is 1. The zero-order valence-corrected chi connectivity index (χ0v) is 34.9. The SMILES string of the molecule is COC(=O)C[C@H](C(=O)C1CCC[C@H]1c1cc2cc([C@H]3CC[C@H](c4ccc5c(c4)C=C(C4CCCC4)C5)C3c3ccc(CCc4ccccc4)cc3)ccc2[nH]1)C(C)C. The molecule has 4 nitrogen and oxygen atoms in total. The average Bonchev–Trinajstić information content (AvgIpc) is 4.10. The molecule has 0 saturated heterocycles. The molecule has 6 atom stereocenters. The molecule has 1 aromatic heterocycles. The van der Waals surface area contributed by atoms with Crippen LogP contribution in [-0.2, 0) is 33.6 Å². The van der Waals surface area contributed by atoms with Crippen LogP contribution in [-0.4, -0.2) is 23.8 Å². The van der Waals surface area contributed by atoms with E-state index in [4.69, 9.17) is 4.74 Å². The summed E-state index contributed by atoms with van der Waals surface area (Å²) in [7, 11) is 1.41. The number of fused-ring (bicyclic) bond motifs is 2. The number of aromatic nitrogens is 1. The molecule has 9 rings (SSSR count). The number of Topliss-reactive ketones (excluding diaryl/α,β-unsaturated/α-hetero) is 1. The van der Waals surface area contributed by atoms with E-state index < -0.39 is 0 Å². The number of rotatable bonds is 13. The fraction of sp³-hybridized carbons (Fsp3) is 0.444. The van der Waals surface area contributed by atoms with Crippen LogP contribution in [0.25, 0.3) is 17.0 Å². The lowest BCUT2D eigenvalue weighted by molar-refractivity contribution is -0.145. The first-order valence-electron chi connectivity index (χ1n) is 22.5. The predicted octanol–water partition coefficient (Wildman–Crippen LogP) is 12.8. The van der Waals surface area contributed by atoms with Crippen LogP contribution in [0.1, 0.15) is 146 Å². The molecule has 0 amide bonds. The second kappa shape index (κ2) is 16.9. The molecule has 4 aliphatic carbocycles. The highest BCUT2D eigenvalue weighted by Crippen LogP contribution is 2.55. The number of hydrogen-bond donors (Lipinski definition) is 1. The zero-order chi connectivity index (χ0) is 39.8. The van der Waals surface area contributed by atoms with Crippen LogP contribution in [0.4, 0.5) is 0 Å². The van der Waals surface area contributed by atoms with E-state index in [1.165, 1.54) is 89.2 Å². The number of aromatic amines is 1. The van der Waals surface area contributed by atoms with Crippen molar-refractivity contribution in [2.45, 2.75) is 121 Å². The van der Waals surface area contributed by atoms with Crippen molar-refractivity contribution >= 4 is 28.7 Å². The number of allylic oxidation sites excluding steroid dienone is 1. The number of carbonyl (C=O) groups is 2. The van der Waals surface area contributed by atoms with Gasteiger partial charge in [-0.15, -0.1) is 0 Å². The topological polar surface area (TPSA) is 59.2 Å². The molecule has 1 heterocycles. The van der Waals surface area contributed by atoms with Gasteiger partial charge in [-0.1, -0.05) is 124 Å². The van der Waals surface area contributed by atoms with Crippen molar-refractivity contribution in [3.8, 4) is 0 Å². The molecule has 3 fully saturated rings. The highest BCUT2D eigenvalue weighted by Gasteiger charge is 2.41. The number of nitrogens with one attached hydrogen (secondary N) is 1. The van der Waals surface area contributed by atoms with Gasteiger partial charge in [-0.3, -0.25) is 9.59 Å². The molecule has 0 aliphatic heterocycles. The van der Waals surface area contributed by atoms with Gasteiger partial charge in [0.1, 0.15) is 5.78 Å². The summed E-state index contributed by atoms with van der Waals surface area (Å²) in [6.07, 6.45) is 16.7. The van der Waals surface area contributed by atoms with Gasteiger partial charge in [0.15, 0.2) is 0 Å². The van der Waals surface area contributed by atoms with Gasteiger partial charge in [0.2, 0.25) is 0 Å². The maximum atomic E-state index is 14.0. The first-order valence-corrected chi connectivity index (χ1v) is 22.5. The minimum atomic E-state index is -0.310. The largest absolute Gasteiger partial charge is 0.469 e. The van der Waals surface area contributed by atoms with E-state index in [2.05, 4.69) is 122 Å². The Bertz CT molecular complexity index is 2270. The molecule has 4 aliphatic rings. The van der Waals surface area contributed by atoms with Crippen LogP contribution in [0.5, 0.6) is 0 Å². The first-order chi connectivity index (χ1) is 28.3. The minimum Gasteiger partial charge on any atom is -0.469 e. The molecule has 4 heteroatoms. The number of ketones is 1. The van der Waals surface area contributed by atoms with Crippen LogP contribution >= 0.6 is 0 Å². The van der Waals surface area contributed by atoms with Gasteiger partial charge in [-0.2, -0.15) is 0 Å². The van der Waals surface area contributed by atoms with Gasteiger partial charge in [0, 0.05) is 29.0 Å². The Balaban J connectivity index is 1.00. The predicted molar refractivity (Wildman–Crippen MR) is 236 cm³/mol. The fourth-order valence-electron chi connectivity index (χ4n) is 11.7. The molecule has 1 N–H and O–H groups in total. The van der Waals surface area contributed by atoms with Gasteiger partial charge in [-0.25, -0.2) is 0 Å². The Kier molecular flexibility index (Phi) is 11.3. The van der Waals surface area contributed by atoms with Crippen molar-refractivity contribution in [3.05, 3.63) is 147 Å². The molecule has 300 valence electrons. The molecule has 0 bridgehead atoms. The third-order valence-electron chi connectivity index (χ3n) is 14.9. The summed E-state index contributed by atoms with van der Waals surface area (Å²) in [5, 5.41) is 1.24. The third kappa shape index (κ3) is 7.88. The molecule has 2 unspecified atom stereocenters. The van der Waals surface area contributed by atoms with Gasteiger partial charge in [0.05, 0.1) is 13.5 Å². The number of esters is 1. The van der Waals surface area contributed by atoms with Gasteiger partial charge in [-0.05, 0) is 150 Å². The number of aryl methyl sites for hydroxylation is 2. The lowest BCUT2D eigenvalue weighted by Gasteiger charge is -2.27. The Morgan fingerprint density at radius 2 is 1.40 bits per heavy atom. The Morgan fingerprint density at radius 1 is 0.707 bits per heavy atom. The van der Waals surface area contributed by atoms with Crippen LogP contribution in [0.3, 0.4) is 0 Å². The summed E-state index contributed by atoms with van der Waals surface area (Å²) in [4.78, 5) is 30.1. The van der Waals surface area contributed by atoms with E-state index in [1.54, 1.807) is 5.57 Å². The van der Waals surface area contributed by atoms with Gasteiger partial charge < -0.3 is 9.72 Å². The fourth-order valence-corrected chi connectivity index (χ4v) is 11.7. The lowest BCUT2D eigenvalue weighted by Crippen LogP contribution is -2.31. The van der Waals surface area contributed by atoms with Crippen molar-refractivity contribution in [1.29, 1.82) is 0 Å². The Hall–Kier alpha value is -4.70. The smallest absolute Gasteiger partial charge is 0.306 e. The standard InChI is InChI=1S/C54H61NO3/c1-34(2)49(33-52(56)58-3)54(57)48-15-9-14-47(48)51-32-44-30-41(24-27-50(44)55-51)46-26-25-45(40-23-22-39-28-42(31-43(39)29-40)37-12-7-8-13-37)53(46)38-20-18-36(19-21-38)17-16-35-10-5-4-6-11-35/h4-6,10-11,18-24,27,29-32,34,37,45-49,53,55H,7-9,12-17,25-26,28,33H2,1-3H3/t45-,46-,47-,48?,49+,53?/m1/s1. The normalized spacial score (nSPS) is 23.7. The monoisotopic (exact) mass is 771 g/mol. The molecule has 0 radical (unpaired) electrons. The quantitative estimate of drug-likeness (QED) is 0.121. The molecule has 4 aromatic carbocycles. The maximum absolute atomic E-state index is 14.0. The van der Waals surface area contributed by atoms with Crippen molar-refractivity contribution < 1.29 is 14.3 Å². The van der Waals surface area contributed by atoms with Crippen LogP contribution in [0.2, 0.25) is 0 Å². The van der Waals surface area contributed by atoms with Gasteiger partial charge in [0.25, 0.3) is 0 Å². The van der Waals surface area contributed by atoms with Crippen LogP contribution in [0, 0.1) is 23.7 Å². The minimum absolute atomic E-state index is 0.0726. The highest BCUT2D eigenvalue weighted by atomic mass is 16.5. The molecular weight excluding hydrogens is 711 g/mol. The van der Waals surface area contributed by atoms with Crippen molar-refractivity contribution in [3.63, 3.8) is 0 Å². The highest BCUT2D eigenvalue weighted by molar-refractivity contribution is 5.89. The van der Waals surface area contributed by atoms with E-state index in [0.717, 1.165) is 56.4 Å². The molecule has 3 saturated carbocycles. The summed E-state index contributed by atoms with van der Waals surface area (Å²) in [5.74, 6) is 1.82. The number of benzene rings is 4. The Morgan fingerprint density at radius 3 is 2.12 bits per heavy atom. The number of H-pyrrole nitrogens is 1. The molecule has 5 aromatic rings. The second-order valence-electron chi connectivity index (χ2n) is 18.6. The van der Waals surface area contributed by atoms with E-state index >= 15 is 0 Å². The van der Waals surface area contributed by atoms with Crippen molar-refractivity contribution in [1.82, 2.24) is 4.98 Å². The van der Waals surface area contributed by atoms with E-state index in [9.17, 15) is 9.59 Å². The third-order valence-corrected chi connectivity index (χ3v) is 14.9. The number of ether oxygens (including phenoxy) is 1. The summed E-state index contributed by atoms with van der Waals surface area (Å²) in [5.41, 5.74) is 14.1. The first kappa shape index (κ1) is 38.8. The van der Waals surface area contributed by atoms with Crippen LogP contribution < -0.4 is 0 Å². The van der Waals surface area contributed by atoms with Crippen LogP contribution in [0.15, 0.2) is 103 Å². The van der Waals surface area contributed by atoms with E-state index in [-0.39, 0.29) is 41.8 Å². The number of hydrogen-bond acceptors (Lipinski definition) is 3. The van der Waals surface area contributed by atoms with E-state index in [0.29, 0.717) is 17.8 Å². The lowest BCUT2D eigenvalue weighted by atomic mass is 9.76. The molecule has 0 spiro atoms. The maximum Gasteiger partial charge on any atom is 0.306 e. The average molecular weight is 772 g/mol. The zero-order valence-electron chi connectivity index (χ0n) is 34.9.